The molecule has 2 amide bonds. The molecule has 3 N–H and O–H groups in total. The maximum atomic E-state index is 12.2. The Labute approximate surface area is 331 Å². The molecule has 0 saturated carbocycles. The number of nitrogens with zero attached hydrogens (tertiary/aromatic N) is 4. The molecular weight excluding hydrogens is 693 g/mol. The fraction of sp³-hybridized carbons (Fsp3) is 0.659. The van der Waals surface area contributed by atoms with Crippen LogP contribution in [0.15, 0.2) is 60.7 Å². The van der Waals surface area contributed by atoms with E-state index in [4.69, 9.17) is 15.2 Å². The zero-order valence-electron chi connectivity index (χ0n) is 34.6. The molecule has 306 valence electrons. The van der Waals surface area contributed by atoms with Crippen molar-refractivity contribution in [3.63, 3.8) is 0 Å². The summed E-state index contributed by atoms with van der Waals surface area (Å²) in [5.74, 6) is 0.227. The van der Waals surface area contributed by atoms with Gasteiger partial charge in [-0.05, 0) is 117 Å². The topological polar surface area (TPSA) is 121 Å². The minimum atomic E-state index is -0.460. The summed E-state index contributed by atoms with van der Waals surface area (Å²) in [6, 6.07) is 22.9. The Bertz CT molecular complexity index is 1410. The Morgan fingerprint density at radius 3 is 1.36 bits per heavy atom. The molecule has 4 aliphatic heterocycles. The third kappa shape index (κ3) is 17.4. The number of carbonyl (C=O) groups excluding carboxylic acids is 3. The molecule has 2 aromatic rings. The monoisotopic (exact) mass is 763 g/mol. The summed E-state index contributed by atoms with van der Waals surface area (Å²) < 4.78 is 10.7. The highest BCUT2D eigenvalue weighted by molar-refractivity contribution is 5.81. The maximum absolute atomic E-state index is 12.2. The van der Waals surface area contributed by atoms with Gasteiger partial charge in [0.05, 0.1) is 0 Å². The fourth-order valence-corrected chi connectivity index (χ4v) is 7.21. The molecular formula is C44H70N6O5. The number of amides is 2. The summed E-state index contributed by atoms with van der Waals surface area (Å²) in [6.45, 7) is 20.6. The van der Waals surface area contributed by atoms with Gasteiger partial charge >= 0.3 is 12.2 Å². The second-order valence-electron chi connectivity index (χ2n) is 17.5. The third-order valence-corrected chi connectivity index (χ3v) is 10.3. The molecule has 0 spiro atoms. The van der Waals surface area contributed by atoms with Crippen LogP contribution in [0.3, 0.4) is 0 Å². The molecule has 0 bridgehead atoms. The summed E-state index contributed by atoms with van der Waals surface area (Å²) in [5.41, 5.74) is 7.79. The minimum absolute atomic E-state index is 0.171. The number of hydrogen-bond acceptors (Lipinski definition) is 9. The molecule has 4 heterocycles. The van der Waals surface area contributed by atoms with E-state index < -0.39 is 11.2 Å². The first-order chi connectivity index (χ1) is 26.1. The third-order valence-electron chi connectivity index (χ3n) is 10.3. The standard InChI is InChI=1S/C22H35N3O2.C12H18N2.C10H17NO3/c1-22(2,3)27-21(26)25-15-11-20(12-16-25)23-19-9-13-24(14-10-19)17-18-7-5-4-6-8-18;13-12-6-8-14(9-7-12)10-11-4-2-1-3-5-11;1-10(2,3)14-9(13)11-6-4-8(12)5-7-11/h4-8,19-20,23H,9-17H2,1-3H3;1-5,12H,6-10,13H2;4-7H2,1-3H3. The van der Waals surface area contributed by atoms with Gasteiger partial charge in [0.25, 0.3) is 0 Å². The van der Waals surface area contributed by atoms with Gasteiger partial charge < -0.3 is 30.3 Å². The van der Waals surface area contributed by atoms with Gasteiger partial charge in [-0.3, -0.25) is 14.6 Å². The van der Waals surface area contributed by atoms with E-state index in [-0.39, 0.29) is 18.0 Å². The minimum Gasteiger partial charge on any atom is -0.444 e. The smallest absolute Gasteiger partial charge is 0.410 e. The van der Waals surface area contributed by atoms with E-state index in [1.165, 1.54) is 24.0 Å². The maximum Gasteiger partial charge on any atom is 0.410 e. The first-order valence-corrected chi connectivity index (χ1v) is 20.6. The average Bonchev–Trinajstić information content (AvgIpc) is 3.14. The molecule has 4 aliphatic rings. The Hall–Kier alpha value is -3.51. The van der Waals surface area contributed by atoms with E-state index in [0.717, 1.165) is 78.0 Å². The van der Waals surface area contributed by atoms with Crippen LogP contribution >= 0.6 is 0 Å². The number of hydrogen-bond donors (Lipinski definition) is 2. The van der Waals surface area contributed by atoms with Crippen molar-refractivity contribution in [1.82, 2.24) is 24.9 Å². The normalized spacial score (nSPS) is 19.8. The largest absolute Gasteiger partial charge is 0.444 e. The summed E-state index contributed by atoms with van der Waals surface area (Å²) in [7, 11) is 0. The van der Waals surface area contributed by atoms with Crippen molar-refractivity contribution in [1.29, 1.82) is 0 Å². The Morgan fingerprint density at radius 2 is 0.964 bits per heavy atom. The van der Waals surface area contributed by atoms with E-state index in [9.17, 15) is 14.4 Å². The van der Waals surface area contributed by atoms with E-state index >= 15 is 0 Å². The second-order valence-corrected chi connectivity index (χ2v) is 17.5. The van der Waals surface area contributed by atoms with Gasteiger partial charge in [-0.25, -0.2) is 9.59 Å². The van der Waals surface area contributed by atoms with Gasteiger partial charge in [0.1, 0.15) is 17.0 Å². The quantitative estimate of drug-likeness (QED) is 0.326. The number of Topliss-reactive ketones (excluding diaryl/α,β-unsaturated/α-hetero) is 1. The SMILES string of the molecule is CC(C)(C)OC(=O)N1CCC(=O)CC1.CC(C)(C)OC(=O)N1CCC(NC2CCN(Cc3ccccc3)CC2)CC1.NC1CCN(Cc2ccccc2)CC1. The van der Waals surface area contributed by atoms with Crippen molar-refractivity contribution in [2.45, 2.75) is 135 Å². The number of nitrogens with two attached hydrogens (primary N) is 1. The molecule has 11 nitrogen and oxygen atoms in total. The summed E-state index contributed by atoms with van der Waals surface area (Å²) in [5, 5.41) is 3.84. The van der Waals surface area contributed by atoms with Gasteiger partial charge in [0, 0.05) is 70.2 Å². The highest BCUT2D eigenvalue weighted by atomic mass is 16.6. The van der Waals surface area contributed by atoms with Crippen LogP contribution in [0, 0.1) is 0 Å². The summed E-state index contributed by atoms with van der Waals surface area (Å²) in [6.07, 6.45) is 7.17. The van der Waals surface area contributed by atoms with E-state index in [0.29, 0.717) is 44.1 Å². The fourth-order valence-electron chi connectivity index (χ4n) is 7.21. The van der Waals surface area contributed by atoms with Crippen LogP contribution < -0.4 is 11.1 Å². The van der Waals surface area contributed by atoms with Crippen LogP contribution in [0.25, 0.3) is 0 Å². The van der Waals surface area contributed by atoms with Crippen LogP contribution in [0.2, 0.25) is 0 Å². The van der Waals surface area contributed by atoms with Gasteiger partial charge in [-0.15, -0.1) is 0 Å². The number of benzene rings is 2. The van der Waals surface area contributed by atoms with Crippen LogP contribution in [0.4, 0.5) is 9.59 Å². The molecule has 0 aliphatic carbocycles. The predicted octanol–water partition coefficient (Wildman–Crippen LogP) is 6.84. The van der Waals surface area contributed by atoms with Crippen LogP contribution in [-0.2, 0) is 27.4 Å². The number of ketones is 1. The molecule has 0 unspecified atom stereocenters. The van der Waals surface area contributed by atoms with Crippen molar-refractivity contribution in [2.75, 3.05) is 52.4 Å². The molecule has 55 heavy (non-hydrogen) atoms. The molecule has 6 rings (SSSR count). The number of rotatable bonds is 6. The number of carbonyl (C=O) groups is 3. The molecule has 11 heteroatoms. The highest BCUT2D eigenvalue weighted by Crippen LogP contribution is 2.20. The first-order valence-electron chi connectivity index (χ1n) is 20.6. The van der Waals surface area contributed by atoms with Gasteiger partial charge in [-0.1, -0.05) is 60.7 Å². The first kappa shape index (κ1) is 44.2. The van der Waals surface area contributed by atoms with Crippen molar-refractivity contribution in [3.8, 4) is 0 Å². The summed E-state index contributed by atoms with van der Waals surface area (Å²) >= 11 is 0. The lowest BCUT2D eigenvalue weighted by Gasteiger charge is -2.38. The van der Waals surface area contributed by atoms with E-state index in [2.05, 4.69) is 75.8 Å². The second kappa shape index (κ2) is 21.7. The Morgan fingerprint density at radius 1 is 0.600 bits per heavy atom. The highest BCUT2D eigenvalue weighted by Gasteiger charge is 2.29. The molecule has 2 aromatic carbocycles. The average molecular weight is 763 g/mol. The molecule has 0 radical (unpaired) electrons. The van der Waals surface area contributed by atoms with Crippen LogP contribution in [-0.4, -0.2) is 119 Å². The van der Waals surface area contributed by atoms with Gasteiger partial charge in [0.15, 0.2) is 0 Å². The predicted molar refractivity (Wildman–Crippen MR) is 220 cm³/mol. The van der Waals surface area contributed by atoms with Crippen molar-refractivity contribution < 1.29 is 23.9 Å². The molecule has 4 fully saturated rings. The van der Waals surface area contributed by atoms with Crippen molar-refractivity contribution >= 4 is 18.0 Å². The summed E-state index contributed by atoms with van der Waals surface area (Å²) in [4.78, 5) is 43.1. The van der Waals surface area contributed by atoms with Crippen LogP contribution in [0.1, 0.15) is 104 Å². The number of piperidine rings is 4. The van der Waals surface area contributed by atoms with E-state index in [1.807, 2.05) is 46.4 Å². The lowest BCUT2D eigenvalue weighted by molar-refractivity contribution is -0.121. The number of ether oxygens (including phenoxy) is 2. The van der Waals surface area contributed by atoms with E-state index in [1.54, 1.807) is 4.90 Å². The van der Waals surface area contributed by atoms with Crippen LogP contribution in [0.5, 0.6) is 0 Å². The van der Waals surface area contributed by atoms with Gasteiger partial charge in [-0.2, -0.15) is 0 Å². The Kier molecular flexibility index (Phi) is 17.4. The molecule has 4 saturated heterocycles. The van der Waals surface area contributed by atoms with Crippen molar-refractivity contribution in [2.24, 2.45) is 5.73 Å². The lowest BCUT2D eigenvalue weighted by atomic mass is 9.99. The zero-order chi connectivity index (χ0) is 39.8. The molecule has 0 atom stereocenters. The lowest BCUT2D eigenvalue weighted by Crippen LogP contribution is -2.51. The Balaban J connectivity index is 0.000000202. The van der Waals surface area contributed by atoms with Crippen molar-refractivity contribution in [3.05, 3.63) is 71.8 Å². The number of nitrogens with one attached hydrogen (secondary N) is 1. The zero-order valence-corrected chi connectivity index (χ0v) is 34.6. The van der Waals surface area contributed by atoms with Gasteiger partial charge in [0.2, 0.25) is 0 Å². The number of likely N-dealkylation sites (tertiary alicyclic amines) is 4. The molecule has 0 aromatic heterocycles.